The van der Waals surface area contributed by atoms with E-state index in [9.17, 15) is 14.7 Å². The first kappa shape index (κ1) is 12.9. The first-order valence-electron chi connectivity index (χ1n) is 6.97. The molecule has 1 saturated carbocycles. The topological polar surface area (TPSA) is 63.6 Å². The maximum atomic E-state index is 12.0. The molecule has 1 heterocycles. The molecular formula is C15H20O4. The quantitative estimate of drug-likeness (QED) is 0.677. The fourth-order valence-electron chi connectivity index (χ4n) is 3.97. The van der Waals surface area contributed by atoms with E-state index in [0.29, 0.717) is 18.4 Å². The van der Waals surface area contributed by atoms with Crippen LogP contribution in [0.25, 0.3) is 0 Å². The molecule has 0 bridgehead atoms. The summed E-state index contributed by atoms with van der Waals surface area (Å²) in [7, 11) is 0. The number of rotatable bonds is 0. The van der Waals surface area contributed by atoms with Gasteiger partial charge in [-0.25, -0.2) is 0 Å². The number of carbonyl (C=O) groups is 2. The third-order valence-electron chi connectivity index (χ3n) is 5.51. The Bertz CT molecular complexity index is 506. The van der Waals surface area contributed by atoms with Crippen LogP contribution < -0.4 is 0 Å². The predicted molar refractivity (Wildman–Crippen MR) is 68.3 cm³/mol. The Labute approximate surface area is 112 Å². The predicted octanol–water partition coefficient (Wildman–Crippen LogP) is 1.76. The van der Waals surface area contributed by atoms with Gasteiger partial charge in [-0.3, -0.25) is 9.59 Å². The van der Waals surface area contributed by atoms with Crippen LogP contribution >= 0.6 is 0 Å². The van der Waals surface area contributed by atoms with Crippen LogP contribution in [0.5, 0.6) is 0 Å². The van der Waals surface area contributed by atoms with Gasteiger partial charge >= 0.3 is 5.97 Å². The van der Waals surface area contributed by atoms with E-state index < -0.39 is 17.6 Å². The van der Waals surface area contributed by atoms with Gasteiger partial charge in [0.2, 0.25) is 0 Å². The van der Waals surface area contributed by atoms with Gasteiger partial charge in [-0.1, -0.05) is 6.92 Å². The molecule has 0 aromatic heterocycles. The maximum Gasteiger partial charge on any atom is 0.312 e. The van der Waals surface area contributed by atoms with Crippen LogP contribution in [-0.4, -0.2) is 28.6 Å². The normalized spacial score (nSPS) is 45.9. The summed E-state index contributed by atoms with van der Waals surface area (Å²) in [5, 5.41) is 10.8. The maximum absolute atomic E-state index is 12.0. The highest BCUT2D eigenvalue weighted by Crippen LogP contribution is 2.56. The summed E-state index contributed by atoms with van der Waals surface area (Å²) in [4.78, 5) is 23.8. The van der Waals surface area contributed by atoms with Crippen LogP contribution in [0, 0.1) is 11.3 Å². The monoisotopic (exact) mass is 264 g/mol. The second-order valence-corrected chi connectivity index (χ2v) is 6.55. The zero-order valence-corrected chi connectivity index (χ0v) is 11.7. The van der Waals surface area contributed by atoms with Crippen molar-refractivity contribution >= 4 is 11.8 Å². The third-order valence-corrected chi connectivity index (χ3v) is 5.51. The van der Waals surface area contributed by atoms with Crippen LogP contribution in [0.4, 0.5) is 0 Å². The van der Waals surface area contributed by atoms with E-state index in [1.54, 1.807) is 13.8 Å². The number of hydrogen-bond acceptors (Lipinski definition) is 4. The molecule has 0 spiro atoms. The molecule has 0 unspecified atom stereocenters. The molecule has 4 heteroatoms. The molecule has 3 aliphatic rings. The smallest absolute Gasteiger partial charge is 0.312 e. The van der Waals surface area contributed by atoms with Crippen molar-refractivity contribution < 1.29 is 19.4 Å². The molecule has 0 radical (unpaired) electrons. The Balaban J connectivity index is 2.15. The van der Waals surface area contributed by atoms with Crippen molar-refractivity contribution in [3.05, 3.63) is 11.1 Å². The van der Waals surface area contributed by atoms with Crippen LogP contribution in [0.3, 0.4) is 0 Å². The number of ether oxygens (including phenoxy) is 1. The Kier molecular flexibility index (Phi) is 2.50. The van der Waals surface area contributed by atoms with E-state index in [1.807, 2.05) is 0 Å². The highest BCUT2D eigenvalue weighted by molar-refractivity contribution is 5.97. The number of aliphatic hydroxyl groups is 1. The van der Waals surface area contributed by atoms with Crippen molar-refractivity contribution in [2.24, 2.45) is 11.3 Å². The van der Waals surface area contributed by atoms with E-state index in [2.05, 4.69) is 6.92 Å². The zero-order valence-electron chi connectivity index (χ0n) is 11.7. The van der Waals surface area contributed by atoms with Crippen molar-refractivity contribution in [2.45, 2.75) is 58.2 Å². The van der Waals surface area contributed by atoms with Gasteiger partial charge in [0.15, 0.2) is 11.9 Å². The van der Waals surface area contributed by atoms with Gasteiger partial charge in [0, 0.05) is 6.42 Å². The number of fused-ring (bicyclic) bond motifs is 3. The Hall–Kier alpha value is -1.16. The second kappa shape index (κ2) is 3.69. The molecule has 0 aromatic rings. The Morgan fingerprint density at radius 1 is 1.26 bits per heavy atom. The zero-order chi connectivity index (χ0) is 14.0. The van der Waals surface area contributed by atoms with Crippen LogP contribution in [0.1, 0.15) is 46.5 Å². The van der Waals surface area contributed by atoms with Crippen molar-refractivity contribution in [1.82, 2.24) is 0 Å². The van der Waals surface area contributed by atoms with Gasteiger partial charge in [-0.2, -0.15) is 0 Å². The molecule has 4 nitrogen and oxygen atoms in total. The van der Waals surface area contributed by atoms with Crippen LogP contribution in [-0.2, 0) is 14.3 Å². The van der Waals surface area contributed by atoms with E-state index in [0.717, 1.165) is 18.4 Å². The van der Waals surface area contributed by atoms with E-state index in [4.69, 9.17) is 4.74 Å². The van der Waals surface area contributed by atoms with Crippen molar-refractivity contribution in [3.63, 3.8) is 0 Å². The van der Waals surface area contributed by atoms with E-state index in [-0.39, 0.29) is 17.2 Å². The Morgan fingerprint density at radius 2 is 1.95 bits per heavy atom. The van der Waals surface area contributed by atoms with Gasteiger partial charge in [-0.15, -0.1) is 0 Å². The molecule has 0 aromatic carbocycles. The van der Waals surface area contributed by atoms with E-state index in [1.165, 1.54) is 0 Å². The largest absolute Gasteiger partial charge is 0.454 e. The van der Waals surface area contributed by atoms with Crippen molar-refractivity contribution in [1.29, 1.82) is 0 Å². The first-order valence-corrected chi connectivity index (χ1v) is 6.97. The second-order valence-electron chi connectivity index (χ2n) is 6.55. The summed E-state index contributed by atoms with van der Waals surface area (Å²) in [5.74, 6) is -0.748. The number of Topliss-reactive ketones (excluding diaryl/α,β-unsaturated/α-hetero) is 1. The minimum absolute atomic E-state index is 0.112. The molecule has 4 atom stereocenters. The average molecular weight is 264 g/mol. The number of carbonyl (C=O) groups excluding carboxylic acids is 2. The molecule has 19 heavy (non-hydrogen) atoms. The summed E-state index contributed by atoms with van der Waals surface area (Å²) < 4.78 is 5.43. The van der Waals surface area contributed by atoms with E-state index >= 15 is 0 Å². The molecule has 104 valence electrons. The lowest BCUT2D eigenvalue weighted by molar-refractivity contribution is -0.144. The van der Waals surface area contributed by atoms with Gasteiger partial charge in [0.05, 0.1) is 5.92 Å². The lowest BCUT2D eigenvalue weighted by Crippen LogP contribution is -2.53. The molecule has 0 amide bonds. The summed E-state index contributed by atoms with van der Waals surface area (Å²) in [6, 6.07) is 0. The van der Waals surface area contributed by atoms with Gasteiger partial charge < -0.3 is 9.84 Å². The van der Waals surface area contributed by atoms with Gasteiger partial charge in [-0.05, 0) is 49.7 Å². The molecule has 1 aliphatic heterocycles. The lowest BCUT2D eigenvalue weighted by Gasteiger charge is -2.48. The minimum atomic E-state index is -1.13. The average Bonchev–Trinajstić information content (AvgIpc) is 2.59. The number of esters is 1. The van der Waals surface area contributed by atoms with Crippen molar-refractivity contribution in [3.8, 4) is 0 Å². The number of allylic oxidation sites excluding steroid dienone is 1. The standard InChI is InChI=1S/C15H20O4/c1-8-10(16)4-5-14(3)6-7-15(18)9(2)13(17)19-12(15)11(8)14/h9,12,18H,4-7H2,1-3H3/t9-,12-,14-,15+/m1/s1. The summed E-state index contributed by atoms with van der Waals surface area (Å²) in [5.41, 5.74) is 0.318. The lowest BCUT2D eigenvalue weighted by atomic mass is 9.58. The molecule has 1 saturated heterocycles. The molecule has 2 fully saturated rings. The minimum Gasteiger partial charge on any atom is -0.454 e. The SMILES string of the molecule is CC1=C2[C@H]3OC(=O)[C@@H](C)[C@@]3(O)CC[C@@]2(C)CCC1=O. The highest BCUT2D eigenvalue weighted by atomic mass is 16.6. The number of hydrogen-bond donors (Lipinski definition) is 1. The highest BCUT2D eigenvalue weighted by Gasteiger charge is 2.62. The van der Waals surface area contributed by atoms with Crippen LogP contribution in [0.15, 0.2) is 11.1 Å². The summed E-state index contributed by atoms with van der Waals surface area (Å²) in [6.45, 7) is 5.64. The molecule has 3 rings (SSSR count). The van der Waals surface area contributed by atoms with Gasteiger partial charge in [0.1, 0.15) is 5.60 Å². The van der Waals surface area contributed by atoms with Crippen molar-refractivity contribution in [2.75, 3.05) is 0 Å². The third kappa shape index (κ3) is 1.49. The fourth-order valence-corrected chi connectivity index (χ4v) is 3.97. The van der Waals surface area contributed by atoms with Crippen LogP contribution in [0.2, 0.25) is 0 Å². The summed E-state index contributed by atoms with van der Waals surface area (Å²) >= 11 is 0. The first-order chi connectivity index (χ1) is 8.79. The Morgan fingerprint density at radius 3 is 2.63 bits per heavy atom. The summed E-state index contributed by atoms with van der Waals surface area (Å²) in [6.07, 6.45) is 2.09. The molecular weight excluding hydrogens is 244 g/mol. The van der Waals surface area contributed by atoms with Gasteiger partial charge in [0.25, 0.3) is 0 Å². The number of ketones is 1. The fraction of sp³-hybridized carbons (Fsp3) is 0.733. The molecule has 2 aliphatic carbocycles. The molecule has 1 N–H and O–H groups in total.